The Kier molecular flexibility index (Phi) is 6.51. The van der Waals surface area contributed by atoms with Gasteiger partial charge < -0.3 is 23.9 Å². The lowest BCUT2D eigenvalue weighted by Gasteiger charge is -2.12. The van der Waals surface area contributed by atoms with Gasteiger partial charge in [-0.05, 0) is 69.4 Å². The highest BCUT2D eigenvalue weighted by Crippen LogP contribution is 2.25. The number of fused-ring (bicyclic) bond motifs is 2. The van der Waals surface area contributed by atoms with Gasteiger partial charge in [0.15, 0.2) is 0 Å². The lowest BCUT2D eigenvalue weighted by molar-refractivity contribution is -0.116. The number of hydrogen-bond donors (Lipinski definition) is 1. The van der Waals surface area contributed by atoms with E-state index in [1.165, 1.54) is 0 Å². The Bertz CT molecular complexity index is 1370. The van der Waals surface area contributed by atoms with Gasteiger partial charge in [-0.1, -0.05) is 0 Å². The number of aromatic nitrogens is 1. The maximum Gasteiger partial charge on any atom is 0.339 e. The molecule has 1 N–H and O–H groups in total. The zero-order chi connectivity index (χ0) is 23.5. The molecule has 0 aliphatic rings. The molecular weight excluding hydrogens is 418 g/mol. The van der Waals surface area contributed by atoms with Crippen LogP contribution in [0.15, 0.2) is 57.9 Å². The second-order valence-corrected chi connectivity index (χ2v) is 8.49. The molecule has 33 heavy (non-hydrogen) atoms. The van der Waals surface area contributed by atoms with E-state index in [0.29, 0.717) is 23.3 Å². The maximum absolute atomic E-state index is 12.6. The smallest absolute Gasteiger partial charge is 0.339 e. The van der Waals surface area contributed by atoms with E-state index in [4.69, 9.17) is 9.15 Å². The van der Waals surface area contributed by atoms with E-state index in [-0.39, 0.29) is 12.3 Å². The molecule has 0 unspecified atom stereocenters. The van der Waals surface area contributed by atoms with E-state index in [2.05, 4.69) is 41.1 Å². The van der Waals surface area contributed by atoms with Gasteiger partial charge >= 0.3 is 5.63 Å². The molecule has 2 aromatic heterocycles. The Hall–Kier alpha value is -3.58. The van der Waals surface area contributed by atoms with Crippen molar-refractivity contribution in [2.75, 3.05) is 33.1 Å². The number of rotatable bonds is 8. The van der Waals surface area contributed by atoms with Crippen LogP contribution in [-0.4, -0.2) is 43.1 Å². The van der Waals surface area contributed by atoms with Crippen LogP contribution in [0.4, 0.5) is 5.69 Å². The Morgan fingerprint density at radius 3 is 2.73 bits per heavy atom. The third-order valence-electron chi connectivity index (χ3n) is 5.94. The van der Waals surface area contributed by atoms with Crippen molar-refractivity contribution in [3.8, 4) is 5.75 Å². The molecule has 1 amide bonds. The Balaban J connectivity index is 1.44. The third-order valence-corrected chi connectivity index (χ3v) is 5.94. The highest BCUT2D eigenvalue weighted by atomic mass is 16.5. The molecule has 7 heteroatoms. The zero-order valence-corrected chi connectivity index (χ0v) is 19.5. The third kappa shape index (κ3) is 4.93. The first-order chi connectivity index (χ1) is 15.9. The number of carbonyl (C=O) groups excluding carboxylic acids is 1. The van der Waals surface area contributed by atoms with Gasteiger partial charge in [0.2, 0.25) is 5.91 Å². The molecule has 0 fully saturated rings. The normalized spacial score (nSPS) is 11.4. The number of hydrogen-bond acceptors (Lipinski definition) is 5. The minimum absolute atomic E-state index is 0.144. The van der Waals surface area contributed by atoms with Crippen LogP contribution in [0.1, 0.15) is 17.5 Å². The summed E-state index contributed by atoms with van der Waals surface area (Å²) in [5, 5.41) is 4.87. The van der Waals surface area contributed by atoms with Gasteiger partial charge in [0.1, 0.15) is 11.3 Å². The molecule has 4 aromatic rings. The molecule has 0 bridgehead atoms. The van der Waals surface area contributed by atoms with E-state index in [0.717, 1.165) is 40.6 Å². The van der Waals surface area contributed by atoms with Gasteiger partial charge in [-0.15, -0.1) is 0 Å². The lowest BCUT2D eigenvalue weighted by atomic mass is 10.0. The van der Waals surface area contributed by atoms with Crippen LogP contribution < -0.4 is 15.7 Å². The Labute approximate surface area is 192 Å². The fourth-order valence-corrected chi connectivity index (χ4v) is 4.03. The first-order valence-electron chi connectivity index (χ1n) is 11.0. The topological polar surface area (TPSA) is 76.7 Å². The van der Waals surface area contributed by atoms with Crippen molar-refractivity contribution in [2.24, 2.45) is 0 Å². The van der Waals surface area contributed by atoms with Crippen molar-refractivity contribution in [1.82, 2.24) is 9.47 Å². The van der Waals surface area contributed by atoms with Crippen molar-refractivity contribution in [1.29, 1.82) is 0 Å². The summed E-state index contributed by atoms with van der Waals surface area (Å²) in [6.45, 7) is 3.74. The standard InChI is InChI=1S/C26H29N3O4/c1-17-21-7-6-20(32-4)16-24(21)33-26(31)22(17)8-10-25(30)27-19-5-9-23-18(15-19)11-12-29(23)14-13-28(2)3/h5-7,9,11-12,15-16H,8,10,13-14H2,1-4H3,(H,27,30). The zero-order valence-electron chi connectivity index (χ0n) is 19.5. The number of ether oxygens (including phenoxy) is 1. The number of aryl methyl sites for hydroxylation is 1. The SMILES string of the molecule is COc1ccc2c(C)c(CCC(=O)Nc3ccc4c(ccn4CCN(C)C)c3)c(=O)oc2c1. The van der Waals surface area contributed by atoms with Crippen LogP contribution in [0.25, 0.3) is 21.9 Å². The van der Waals surface area contributed by atoms with Crippen LogP contribution in [0.3, 0.4) is 0 Å². The second kappa shape index (κ2) is 9.50. The first kappa shape index (κ1) is 22.6. The summed E-state index contributed by atoms with van der Waals surface area (Å²) in [5.74, 6) is 0.484. The van der Waals surface area contributed by atoms with Crippen LogP contribution in [0.2, 0.25) is 0 Å². The molecule has 0 aliphatic carbocycles. The molecule has 0 radical (unpaired) electrons. The fourth-order valence-electron chi connectivity index (χ4n) is 4.03. The molecule has 2 heterocycles. The highest BCUT2D eigenvalue weighted by Gasteiger charge is 2.14. The molecule has 7 nitrogen and oxygen atoms in total. The van der Waals surface area contributed by atoms with Crippen LogP contribution >= 0.6 is 0 Å². The van der Waals surface area contributed by atoms with Crippen LogP contribution in [0, 0.1) is 6.92 Å². The van der Waals surface area contributed by atoms with Crippen molar-refractivity contribution in [3.05, 3.63) is 70.2 Å². The minimum Gasteiger partial charge on any atom is -0.497 e. The van der Waals surface area contributed by atoms with Gasteiger partial charge in [-0.2, -0.15) is 0 Å². The molecular formula is C26H29N3O4. The Morgan fingerprint density at radius 2 is 1.97 bits per heavy atom. The number of carbonyl (C=O) groups is 1. The van der Waals surface area contributed by atoms with Crippen molar-refractivity contribution >= 4 is 33.5 Å². The minimum atomic E-state index is -0.415. The van der Waals surface area contributed by atoms with E-state index < -0.39 is 5.63 Å². The first-order valence-corrected chi connectivity index (χ1v) is 11.0. The lowest BCUT2D eigenvalue weighted by Crippen LogP contribution is -2.18. The maximum atomic E-state index is 12.6. The Morgan fingerprint density at radius 1 is 1.15 bits per heavy atom. The van der Waals surface area contributed by atoms with Crippen molar-refractivity contribution in [2.45, 2.75) is 26.3 Å². The molecule has 0 saturated carbocycles. The van der Waals surface area contributed by atoms with E-state index in [1.54, 1.807) is 13.2 Å². The number of methoxy groups -OCH3 is 1. The van der Waals surface area contributed by atoms with Gasteiger partial charge in [0.05, 0.1) is 7.11 Å². The molecule has 172 valence electrons. The van der Waals surface area contributed by atoms with E-state index >= 15 is 0 Å². The largest absolute Gasteiger partial charge is 0.497 e. The molecule has 0 aliphatic heterocycles. The summed E-state index contributed by atoms with van der Waals surface area (Å²) in [4.78, 5) is 27.3. The predicted octanol–water partition coefficient (Wildman–Crippen LogP) is 4.20. The van der Waals surface area contributed by atoms with E-state index in [9.17, 15) is 9.59 Å². The average molecular weight is 448 g/mol. The molecule has 0 spiro atoms. The number of amides is 1. The van der Waals surface area contributed by atoms with Crippen molar-refractivity contribution < 1.29 is 13.9 Å². The quantitative estimate of drug-likeness (QED) is 0.410. The van der Waals surface area contributed by atoms with E-state index in [1.807, 2.05) is 37.3 Å². The van der Waals surface area contributed by atoms with Gasteiger partial charge in [-0.25, -0.2) is 4.79 Å². The summed E-state index contributed by atoms with van der Waals surface area (Å²) in [5.41, 5.74) is 3.30. The fraction of sp³-hybridized carbons (Fsp3) is 0.308. The molecule has 0 saturated heterocycles. The van der Waals surface area contributed by atoms with Gasteiger partial charge in [-0.3, -0.25) is 4.79 Å². The number of benzene rings is 2. The summed E-state index contributed by atoms with van der Waals surface area (Å²) in [6.07, 6.45) is 2.57. The molecule has 2 aromatic carbocycles. The summed E-state index contributed by atoms with van der Waals surface area (Å²) in [6, 6.07) is 13.4. The second-order valence-electron chi connectivity index (χ2n) is 8.49. The summed E-state index contributed by atoms with van der Waals surface area (Å²) in [7, 11) is 5.68. The summed E-state index contributed by atoms with van der Waals surface area (Å²) < 4.78 is 12.9. The number of nitrogens with zero attached hydrogens (tertiary/aromatic N) is 2. The van der Waals surface area contributed by atoms with Crippen LogP contribution in [0.5, 0.6) is 5.75 Å². The van der Waals surface area contributed by atoms with Crippen LogP contribution in [-0.2, 0) is 17.8 Å². The van der Waals surface area contributed by atoms with Crippen molar-refractivity contribution in [3.63, 3.8) is 0 Å². The summed E-state index contributed by atoms with van der Waals surface area (Å²) >= 11 is 0. The monoisotopic (exact) mass is 447 g/mol. The molecule has 4 rings (SSSR count). The average Bonchev–Trinajstić information content (AvgIpc) is 3.19. The number of nitrogens with one attached hydrogen (secondary N) is 1. The molecule has 0 atom stereocenters. The number of likely N-dealkylation sites (N-methyl/N-ethyl adjacent to an activating group) is 1. The van der Waals surface area contributed by atoms with Gasteiger partial charge in [0.25, 0.3) is 0 Å². The number of anilines is 1. The predicted molar refractivity (Wildman–Crippen MR) is 131 cm³/mol. The van der Waals surface area contributed by atoms with Gasteiger partial charge in [0, 0.05) is 59.3 Å². The highest BCUT2D eigenvalue weighted by molar-refractivity contribution is 5.94.